The molecule has 2 aromatic rings. The number of hydrogen-bond acceptors (Lipinski definition) is 5. The molecule has 1 fully saturated rings. The van der Waals surface area contributed by atoms with Crippen LogP contribution in [0.15, 0.2) is 48.5 Å². The lowest BCUT2D eigenvalue weighted by Gasteiger charge is -2.40. The number of carbonyl (C=O) groups excluding carboxylic acids is 1. The zero-order valence-electron chi connectivity index (χ0n) is 19.4. The van der Waals surface area contributed by atoms with Gasteiger partial charge in [0.2, 0.25) is 0 Å². The van der Waals surface area contributed by atoms with E-state index in [1.807, 2.05) is 70.2 Å². The molecule has 0 aliphatic carbocycles. The molecule has 4 rings (SSSR count). The molecule has 2 aliphatic heterocycles. The van der Waals surface area contributed by atoms with Crippen LogP contribution < -0.4 is 10.1 Å². The first-order chi connectivity index (χ1) is 15.1. The van der Waals surface area contributed by atoms with Crippen molar-refractivity contribution in [2.45, 2.75) is 63.9 Å². The molecule has 2 aliphatic rings. The molecule has 2 aromatic carbocycles. The van der Waals surface area contributed by atoms with Gasteiger partial charge in [-0.1, -0.05) is 48.0 Å². The highest BCUT2D eigenvalue weighted by molar-refractivity contribution is 5.68. The first kappa shape index (κ1) is 22.6. The molecule has 2 N–H and O–H groups in total. The second kappa shape index (κ2) is 8.75. The highest BCUT2D eigenvalue weighted by atomic mass is 16.6. The Kier molecular flexibility index (Phi) is 6.19. The van der Waals surface area contributed by atoms with Crippen LogP contribution in [-0.2, 0) is 4.74 Å². The topological polar surface area (TPSA) is 71.0 Å². The quantitative estimate of drug-likeness (QED) is 0.734. The van der Waals surface area contributed by atoms with E-state index in [0.717, 1.165) is 29.7 Å². The van der Waals surface area contributed by atoms with E-state index in [1.54, 1.807) is 4.90 Å². The van der Waals surface area contributed by atoms with Crippen molar-refractivity contribution in [2.75, 3.05) is 19.6 Å². The largest absolute Gasteiger partial charge is 0.485 e. The Morgan fingerprint density at radius 1 is 1.25 bits per heavy atom. The minimum Gasteiger partial charge on any atom is -0.485 e. The van der Waals surface area contributed by atoms with Crippen molar-refractivity contribution in [3.05, 3.63) is 65.2 Å². The summed E-state index contributed by atoms with van der Waals surface area (Å²) in [6, 6.07) is 16.0. The van der Waals surface area contributed by atoms with Crippen LogP contribution in [0.1, 0.15) is 62.4 Å². The molecule has 3 atom stereocenters. The summed E-state index contributed by atoms with van der Waals surface area (Å²) < 4.78 is 12.0. The van der Waals surface area contributed by atoms with Gasteiger partial charge >= 0.3 is 6.09 Å². The van der Waals surface area contributed by atoms with E-state index in [0.29, 0.717) is 19.6 Å². The Balaban J connectivity index is 1.47. The number of amides is 1. The van der Waals surface area contributed by atoms with Crippen molar-refractivity contribution >= 4 is 6.09 Å². The summed E-state index contributed by atoms with van der Waals surface area (Å²) in [5.74, 6) is 0.840. The van der Waals surface area contributed by atoms with Gasteiger partial charge in [0.25, 0.3) is 0 Å². The molecule has 32 heavy (non-hydrogen) atoms. The smallest absolute Gasteiger partial charge is 0.410 e. The van der Waals surface area contributed by atoms with Crippen LogP contribution in [0, 0.1) is 6.92 Å². The fraction of sp³-hybridized carbons (Fsp3) is 0.500. The number of carbonyl (C=O) groups is 1. The summed E-state index contributed by atoms with van der Waals surface area (Å²) in [5.41, 5.74) is 2.17. The maximum absolute atomic E-state index is 12.6. The van der Waals surface area contributed by atoms with E-state index in [4.69, 9.17) is 9.47 Å². The van der Waals surface area contributed by atoms with E-state index >= 15 is 0 Å². The summed E-state index contributed by atoms with van der Waals surface area (Å²) in [4.78, 5) is 14.4. The fourth-order valence-corrected chi connectivity index (χ4v) is 4.54. The van der Waals surface area contributed by atoms with Crippen LogP contribution in [0.5, 0.6) is 5.75 Å². The van der Waals surface area contributed by atoms with E-state index in [9.17, 15) is 9.90 Å². The molecule has 1 spiro atoms. The van der Waals surface area contributed by atoms with E-state index in [2.05, 4.69) is 11.4 Å². The van der Waals surface area contributed by atoms with Gasteiger partial charge in [-0.2, -0.15) is 0 Å². The van der Waals surface area contributed by atoms with Gasteiger partial charge in [0, 0.05) is 37.5 Å². The molecule has 1 saturated heterocycles. The number of likely N-dealkylation sites (tertiary alicyclic amines) is 1. The number of para-hydroxylation sites is 1. The average molecular weight is 439 g/mol. The van der Waals surface area contributed by atoms with Crippen molar-refractivity contribution in [3.8, 4) is 5.75 Å². The minimum atomic E-state index is -0.594. The number of rotatable bonds is 4. The molecule has 172 valence electrons. The molecular formula is C26H34N2O4. The Labute approximate surface area is 190 Å². The number of aliphatic hydroxyl groups is 1. The molecule has 3 unspecified atom stereocenters. The summed E-state index contributed by atoms with van der Waals surface area (Å²) in [6.07, 6.45) is 0.586. The van der Waals surface area contributed by atoms with Gasteiger partial charge < -0.3 is 24.8 Å². The monoisotopic (exact) mass is 438 g/mol. The molecule has 6 heteroatoms. The lowest BCUT2D eigenvalue weighted by molar-refractivity contribution is 0.0120. The van der Waals surface area contributed by atoms with Gasteiger partial charge in [-0.25, -0.2) is 4.79 Å². The highest BCUT2D eigenvalue weighted by Gasteiger charge is 2.47. The number of nitrogens with zero attached hydrogens (tertiary/aromatic N) is 1. The summed E-state index contributed by atoms with van der Waals surface area (Å²) in [7, 11) is 0. The van der Waals surface area contributed by atoms with Crippen LogP contribution in [0.2, 0.25) is 0 Å². The maximum Gasteiger partial charge on any atom is 0.410 e. The van der Waals surface area contributed by atoms with Gasteiger partial charge in [0.05, 0.1) is 12.6 Å². The SMILES string of the molecule is Cc1ccc(C(O)CNC2CC3(CCN(C(=O)OC(C)(C)C)C3)Oc3ccccc32)cc1. The first-order valence-corrected chi connectivity index (χ1v) is 11.4. The third kappa shape index (κ3) is 5.08. The summed E-state index contributed by atoms with van der Waals surface area (Å²) in [5, 5.41) is 14.3. The molecule has 2 heterocycles. The molecule has 0 aromatic heterocycles. The number of ether oxygens (including phenoxy) is 2. The van der Waals surface area contributed by atoms with Crippen LogP contribution in [0.3, 0.4) is 0 Å². The van der Waals surface area contributed by atoms with E-state index in [1.165, 1.54) is 5.56 Å². The molecule has 0 saturated carbocycles. The standard InChI is InChI=1S/C26H34N2O4/c1-18-9-11-19(12-10-18)22(29)16-27-21-15-26(31-23-8-6-5-7-20(21)23)13-14-28(17-26)24(30)32-25(2,3)4/h5-12,21-22,27,29H,13-17H2,1-4H3. The van der Waals surface area contributed by atoms with E-state index < -0.39 is 17.3 Å². The van der Waals surface area contributed by atoms with Crippen molar-refractivity contribution < 1.29 is 19.4 Å². The van der Waals surface area contributed by atoms with Crippen LogP contribution in [0.4, 0.5) is 4.79 Å². The summed E-state index contributed by atoms with van der Waals surface area (Å²) in [6.45, 7) is 9.21. The normalized spacial score (nSPS) is 23.5. The van der Waals surface area contributed by atoms with Crippen molar-refractivity contribution in [1.29, 1.82) is 0 Å². The van der Waals surface area contributed by atoms with Crippen molar-refractivity contribution in [1.82, 2.24) is 10.2 Å². The Bertz CT molecular complexity index is 953. The van der Waals surface area contributed by atoms with Crippen molar-refractivity contribution in [3.63, 3.8) is 0 Å². The number of aliphatic hydroxyl groups excluding tert-OH is 1. The third-order valence-corrected chi connectivity index (χ3v) is 6.18. The third-order valence-electron chi connectivity index (χ3n) is 6.18. The molecule has 6 nitrogen and oxygen atoms in total. The van der Waals surface area contributed by atoms with Crippen LogP contribution >= 0.6 is 0 Å². The number of hydrogen-bond donors (Lipinski definition) is 2. The number of fused-ring (bicyclic) bond motifs is 1. The predicted molar refractivity (Wildman–Crippen MR) is 124 cm³/mol. The molecule has 0 bridgehead atoms. The Morgan fingerprint density at radius 2 is 1.97 bits per heavy atom. The Hall–Kier alpha value is -2.57. The van der Waals surface area contributed by atoms with Gasteiger partial charge in [-0.05, 0) is 39.3 Å². The lowest BCUT2D eigenvalue weighted by Crippen LogP contribution is -2.47. The highest BCUT2D eigenvalue weighted by Crippen LogP contribution is 2.44. The zero-order chi connectivity index (χ0) is 22.9. The Morgan fingerprint density at radius 3 is 2.69 bits per heavy atom. The van der Waals surface area contributed by atoms with Gasteiger partial charge in [-0.3, -0.25) is 0 Å². The van der Waals surface area contributed by atoms with Crippen molar-refractivity contribution in [2.24, 2.45) is 0 Å². The zero-order valence-corrected chi connectivity index (χ0v) is 19.4. The predicted octanol–water partition coefficient (Wildman–Crippen LogP) is 4.52. The minimum absolute atomic E-state index is 0.0265. The number of benzene rings is 2. The van der Waals surface area contributed by atoms with Gasteiger partial charge in [0.1, 0.15) is 17.0 Å². The van der Waals surface area contributed by atoms with Crippen LogP contribution in [-0.4, -0.2) is 46.9 Å². The summed E-state index contributed by atoms with van der Waals surface area (Å²) >= 11 is 0. The van der Waals surface area contributed by atoms with E-state index in [-0.39, 0.29) is 12.1 Å². The maximum atomic E-state index is 12.6. The molecule has 1 amide bonds. The van der Waals surface area contributed by atoms with Gasteiger partial charge in [-0.15, -0.1) is 0 Å². The molecule has 0 radical (unpaired) electrons. The second-order valence-electron chi connectivity index (χ2n) is 10.1. The second-order valence-corrected chi connectivity index (χ2v) is 10.1. The first-order valence-electron chi connectivity index (χ1n) is 11.4. The number of aryl methyl sites for hydroxylation is 1. The lowest BCUT2D eigenvalue weighted by atomic mass is 9.86. The molecular weight excluding hydrogens is 404 g/mol. The van der Waals surface area contributed by atoms with Crippen LogP contribution in [0.25, 0.3) is 0 Å². The fourth-order valence-electron chi connectivity index (χ4n) is 4.54. The number of nitrogens with one attached hydrogen (secondary N) is 1. The average Bonchev–Trinajstić information content (AvgIpc) is 3.14. The van der Waals surface area contributed by atoms with Gasteiger partial charge in [0.15, 0.2) is 0 Å².